The van der Waals surface area contributed by atoms with Gasteiger partial charge in [-0.05, 0) is 0 Å². The lowest BCUT2D eigenvalue weighted by atomic mass is 10.1. The number of carbonyl (C=O) groups is 1. The van der Waals surface area contributed by atoms with Crippen LogP contribution in [-0.2, 0) is 0 Å². The first-order chi connectivity index (χ1) is 6.45. The zero-order valence-electron chi connectivity index (χ0n) is 7.78. The van der Waals surface area contributed by atoms with Gasteiger partial charge in [-0.3, -0.25) is 4.79 Å². The SMILES string of the molecule is CC(C)C(=O)c1ncc(O)c(O)c1Cl. The number of aromatic nitrogens is 1. The van der Waals surface area contributed by atoms with Crippen molar-refractivity contribution >= 4 is 17.4 Å². The van der Waals surface area contributed by atoms with Crippen LogP contribution in [0.1, 0.15) is 24.3 Å². The number of aromatic hydroxyl groups is 2. The third-order valence-electron chi connectivity index (χ3n) is 1.73. The van der Waals surface area contributed by atoms with E-state index in [0.29, 0.717) is 0 Å². The topological polar surface area (TPSA) is 70.4 Å². The minimum atomic E-state index is -0.509. The Morgan fingerprint density at radius 1 is 1.50 bits per heavy atom. The van der Waals surface area contributed by atoms with E-state index >= 15 is 0 Å². The lowest BCUT2D eigenvalue weighted by molar-refractivity contribution is 0.0934. The van der Waals surface area contributed by atoms with Crippen molar-refractivity contribution in [3.63, 3.8) is 0 Å². The molecular weight excluding hydrogens is 206 g/mol. The zero-order chi connectivity index (χ0) is 10.9. The Bertz CT molecular complexity index is 377. The van der Waals surface area contributed by atoms with Crippen LogP contribution in [0, 0.1) is 5.92 Å². The molecule has 76 valence electrons. The average molecular weight is 216 g/mol. The molecule has 4 nitrogen and oxygen atoms in total. The third-order valence-corrected chi connectivity index (χ3v) is 2.09. The summed E-state index contributed by atoms with van der Waals surface area (Å²) in [7, 11) is 0. The molecule has 0 aliphatic heterocycles. The fourth-order valence-corrected chi connectivity index (χ4v) is 1.15. The predicted molar refractivity (Wildman–Crippen MR) is 51.7 cm³/mol. The number of carbonyl (C=O) groups excluding carboxylic acids is 1. The van der Waals surface area contributed by atoms with Crippen LogP contribution < -0.4 is 0 Å². The Kier molecular flexibility index (Phi) is 2.96. The smallest absolute Gasteiger partial charge is 0.185 e. The maximum atomic E-state index is 11.5. The van der Waals surface area contributed by atoms with E-state index in [1.807, 2.05) is 0 Å². The minimum Gasteiger partial charge on any atom is -0.503 e. The summed E-state index contributed by atoms with van der Waals surface area (Å²) < 4.78 is 0. The molecule has 5 heteroatoms. The van der Waals surface area contributed by atoms with E-state index in [0.717, 1.165) is 6.20 Å². The van der Waals surface area contributed by atoms with Gasteiger partial charge >= 0.3 is 0 Å². The summed E-state index contributed by atoms with van der Waals surface area (Å²) in [4.78, 5) is 15.2. The van der Waals surface area contributed by atoms with E-state index in [-0.39, 0.29) is 22.4 Å². The van der Waals surface area contributed by atoms with Crippen molar-refractivity contribution < 1.29 is 15.0 Å². The van der Waals surface area contributed by atoms with Crippen LogP contribution in [-0.4, -0.2) is 21.0 Å². The highest BCUT2D eigenvalue weighted by atomic mass is 35.5. The zero-order valence-corrected chi connectivity index (χ0v) is 8.54. The largest absolute Gasteiger partial charge is 0.503 e. The highest BCUT2D eigenvalue weighted by molar-refractivity contribution is 6.35. The number of halogens is 1. The second-order valence-electron chi connectivity index (χ2n) is 3.17. The monoisotopic (exact) mass is 215 g/mol. The van der Waals surface area contributed by atoms with E-state index < -0.39 is 11.5 Å². The van der Waals surface area contributed by atoms with Crippen LogP contribution in [0.2, 0.25) is 5.02 Å². The first-order valence-electron chi connectivity index (χ1n) is 4.05. The standard InChI is InChI=1S/C9H10ClNO3/c1-4(2)8(13)7-6(10)9(14)5(12)3-11-7/h3-4,12H,1-2H3,(H,11,14). The highest BCUT2D eigenvalue weighted by Crippen LogP contribution is 2.34. The molecule has 0 aliphatic carbocycles. The maximum absolute atomic E-state index is 11.5. The maximum Gasteiger partial charge on any atom is 0.185 e. The molecule has 0 amide bonds. The normalized spacial score (nSPS) is 10.6. The van der Waals surface area contributed by atoms with Crippen LogP contribution in [0.4, 0.5) is 0 Å². The van der Waals surface area contributed by atoms with Crippen LogP contribution in [0.25, 0.3) is 0 Å². The fourth-order valence-electron chi connectivity index (χ4n) is 0.913. The van der Waals surface area contributed by atoms with E-state index in [1.165, 1.54) is 0 Å². The van der Waals surface area contributed by atoms with Gasteiger partial charge in [-0.25, -0.2) is 4.98 Å². The van der Waals surface area contributed by atoms with Gasteiger partial charge in [0.1, 0.15) is 10.7 Å². The lowest BCUT2D eigenvalue weighted by Crippen LogP contribution is -2.10. The summed E-state index contributed by atoms with van der Waals surface area (Å²) in [6.07, 6.45) is 0.997. The number of ketones is 1. The second-order valence-corrected chi connectivity index (χ2v) is 3.55. The molecule has 0 aliphatic rings. The van der Waals surface area contributed by atoms with E-state index in [2.05, 4.69) is 4.98 Å². The van der Waals surface area contributed by atoms with Crippen LogP contribution in [0.15, 0.2) is 6.20 Å². The molecule has 2 N–H and O–H groups in total. The summed E-state index contributed by atoms with van der Waals surface area (Å²) in [6.45, 7) is 3.40. The predicted octanol–water partition coefficient (Wildman–Crippen LogP) is 1.98. The number of rotatable bonds is 2. The van der Waals surface area contributed by atoms with E-state index in [1.54, 1.807) is 13.8 Å². The molecule has 1 aromatic rings. The van der Waals surface area contributed by atoms with Gasteiger partial charge in [-0.2, -0.15) is 0 Å². The molecular formula is C9H10ClNO3. The Morgan fingerprint density at radius 3 is 2.57 bits per heavy atom. The molecule has 0 saturated heterocycles. The summed E-state index contributed by atoms with van der Waals surface area (Å²) in [5.41, 5.74) is -0.0167. The van der Waals surface area contributed by atoms with Crippen molar-refractivity contribution in [3.05, 3.63) is 16.9 Å². The fraction of sp³-hybridized carbons (Fsp3) is 0.333. The Labute approximate surface area is 86.2 Å². The molecule has 0 aromatic carbocycles. The highest BCUT2D eigenvalue weighted by Gasteiger charge is 2.19. The number of pyridine rings is 1. The summed E-state index contributed by atoms with van der Waals surface area (Å²) in [5, 5.41) is 18.1. The summed E-state index contributed by atoms with van der Waals surface area (Å²) in [6, 6.07) is 0. The number of hydrogen-bond acceptors (Lipinski definition) is 4. The second kappa shape index (κ2) is 3.84. The van der Waals surface area contributed by atoms with Gasteiger partial charge in [0.15, 0.2) is 17.3 Å². The van der Waals surface area contributed by atoms with Crippen molar-refractivity contribution in [1.82, 2.24) is 4.98 Å². The van der Waals surface area contributed by atoms with Gasteiger partial charge in [-0.15, -0.1) is 0 Å². The van der Waals surface area contributed by atoms with Crippen LogP contribution in [0.3, 0.4) is 0 Å². The first kappa shape index (κ1) is 10.8. The lowest BCUT2D eigenvalue weighted by Gasteiger charge is -2.07. The molecule has 1 aromatic heterocycles. The minimum absolute atomic E-state index is 0.0167. The van der Waals surface area contributed by atoms with E-state index in [9.17, 15) is 9.90 Å². The molecule has 0 saturated carbocycles. The third kappa shape index (κ3) is 1.80. The van der Waals surface area contributed by atoms with Crippen molar-refractivity contribution in [2.45, 2.75) is 13.8 Å². The Hall–Kier alpha value is -1.29. The van der Waals surface area contributed by atoms with Crippen molar-refractivity contribution in [1.29, 1.82) is 0 Å². The van der Waals surface area contributed by atoms with E-state index in [4.69, 9.17) is 16.7 Å². The molecule has 0 spiro atoms. The van der Waals surface area contributed by atoms with Gasteiger partial charge in [0.25, 0.3) is 0 Å². The molecule has 1 heterocycles. The van der Waals surface area contributed by atoms with Crippen molar-refractivity contribution in [3.8, 4) is 11.5 Å². The molecule has 1 rings (SSSR count). The average Bonchev–Trinajstić information content (AvgIpc) is 2.13. The quantitative estimate of drug-likeness (QED) is 0.741. The van der Waals surface area contributed by atoms with Gasteiger partial charge in [0, 0.05) is 5.92 Å². The molecule has 0 atom stereocenters. The number of hydrogen-bond donors (Lipinski definition) is 2. The number of nitrogens with zero attached hydrogens (tertiary/aromatic N) is 1. The first-order valence-corrected chi connectivity index (χ1v) is 4.43. The molecule has 0 fully saturated rings. The Balaban J connectivity index is 3.24. The van der Waals surface area contributed by atoms with Gasteiger partial charge < -0.3 is 10.2 Å². The van der Waals surface area contributed by atoms with Crippen molar-refractivity contribution in [2.75, 3.05) is 0 Å². The van der Waals surface area contributed by atoms with Crippen LogP contribution >= 0.6 is 11.6 Å². The Morgan fingerprint density at radius 2 is 2.07 bits per heavy atom. The molecule has 0 unspecified atom stereocenters. The van der Waals surface area contributed by atoms with Gasteiger partial charge in [0.05, 0.1) is 6.20 Å². The summed E-state index contributed by atoms with van der Waals surface area (Å²) >= 11 is 5.64. The van der Waals surface area contributed by atoms with Crippen LogP contribution in [0.5, 0.6) is 11.5 Å². The molecule has 0 radical (unpaired) electrons. The summed E-state index contributed by atoms with van der Waals surface area (Å²) in [5.74, 6) is -1.48. The van der Waals surface area contributed by atoms with Gasteiger partial charge in [0.2, 0.25) is 0 Å². The molecule has 14 heavy (non-hydrogen) atoms. The molecule has 0 bridgehead atoms. The van der Waals surface area contributed by atoms with Crippen molar-refractivity contribution in [2.24, 2.45) is 5.92 Å². The number of Topliss-reactive ketones (excluding diaryl/α,β-unsaturated/α-hetero) is 1. The van der Waals surface area contributed by atoms with Gasteiger partial charge in [-0.1, -0.05) is 25.4 Å².